The molecule has 2 atom stereocenters. The standard InChI is InChI=1S/C28H27N2.C9H20O2.Ir/c1-17-10-18(2)13-23(12-17)27-28(24-14-19(3)11-20(4)15-24)30-25(16-29-27)26-21(5)8-7-9-22(26)6;1-6(2)8(10)5-9(11)7(3)4;/h7-12,14-16H,1-6H3;6-11H,5H2,1-4H3;/q-1;;. The van der Waals surface area contributed by atoms with Gasteiger partial charge in [0.25, 0.3) is 0 Å². The fourth-order valence-electron chi connectivity index (χ4n) is 5.05. The van der Waals surface area contributed by atoms with Gasteiger partial charge in [-0.3, -0.25) is 4.98 Å². The number of hydrogen-bond acceptors (Lipinski definition) is 4. The molecule has 0 aliphatic carbocycles. The summed E-state index contributed by atoms with van der Waals surface area (Å²) in [6.45, 7) is 20.5. The molecular formula is C37H47IrN2O2-. The van der Waals surface area contributed by atoms with E-state index in [0.717, 1.165) is 39.3 Å². The van der Waals surface area contributed by atoms with Crippen molar-refractivity contribution in [2.75, 3.05) is 0 Å². The fourth-order valence-corrected chi connectivity index (χ4v) is 5.05. The summed E-state index contributed by atoms with van der Waals surface area (Å²) in [5.74, 6) is 0.479. The van der Waals surface area contributed by atoms with Crippen molar-refractivity contribution in [3.05, 3.63) is 94.2 Å². The molecule has 5 heteroatoms. The van der Waals surface area contributed by atoms with Gasteiger partial charge in [0.05, 0.1) is 23.6 Å². The van der Waals surface area contributed by atoms with Crippen molar-refractivity contribution in [1.29, 1.82) is 0 Å². The largest absolute Gasteiger partial charge is 0.393 e. The van der Waals surface area contributed by atoms with Gasteiger partial charge in [-0.05, 0) is 62.6 Å². The summed E-state index contributed by atoms with van der Waals surface area (Å²) >= 11 is 0. The molecule has 0 fully saturated rings. The number of aliphatic hydroxyl groups is 2. The minimum Gasteiger partial charge on any atom is -0.393 e. The van der Waals surface area contributed by atoms with Gasteiger partial charge in [0.1, 0.15) is 0 Å². The Balaban J connectivity index is 0.000000440. The van der Waals surface area contributed by atoms with Crippen molar-refractivity contribution in [3.63, 3.8) is 0 Å². The number of rotatable bonds is 7. The van der Waals surface area contributed by atoms with Crippen LogP contribution in [0.4, 0.5) is 0 Å². The van der Waals surface area contributed by atoms with Crippen molar-refractivity contribution in [2.45, 2.75) is 87.9 Å². The van der Waals surface area contributed by atoms with Gasteiger partial charge in [0.15, 0.2) is 0 Å². The Bertz CT molecular complexity index is 1410. The van der Waals surface area contributed by atoms with Crippen LogP contribution in [0, 0.1) is 59.4 Å². The summed E-state index contributed by atoms with van der Waals surface area (Å²) < 4.78 is 0. The minimum absolute atomic E-state index is 0. The summed E-state index contributed by atoms with van der Waals surface area (Å²) in [5, 5.41) is 18.8. The van der Waals surface area contributed by atoms with Crippen LogP contribution in [0.5, 0.6) is 0 Å². The van der Waals surface area contributed by atoms with Crippen molar-refractivity contribution in [3.8, 4) is 33.8 Å². The van der Waals surface area contributed by atoms with E-state index in [1.807, 2.05) is 33.9 Å². The van der Waals surface area contributed by atoms with E-state index in [2.05, 4.69) is 96.1 Å². The van der Waals surface area contributed by atoms with Gasteiger partial charge in [-0.15, -0.1) is 34.9 Å². The van der Waals surface area contributed by atoms with Crippen LogP contribution in [0.1, 0.15) is 67.5 Å². The molecule has 1 heterocycles. The first kappa shape index (κ1) is 35.5. The van der Waals surface area contributed by atoms with Gasteiger partial charge in [-0.25, -0.2) is 0 Å². The summed E-state index contributed by atoms with van der Waals surface area (Å²) in [5.41, 5.74) is 13.1. The Labute approximate surface area is 267 Å². The van der Waals surface area contributed by atoms with Crippen LogP contribution in [-0.4, -0.2) is 32.4 Å². The Kier molecular flexibility index (Phi) is 13.3. The first-order chi connectivity index (χ1) is 19.3. The Hall–Kier alpha value is -2.69. The Morgan fingerprint density at radius 3 is 1.74 bits per heavy atom. The van der Waals surface area contributed by atoms with Gasteiger partial charge in [0.2, 0.25) is 0 Å². The second kappa shape index (κ2) is 15.7. The average molecular weight is 744 g/mol. The van der Waals surface area contributed by atoms with Crippen molar-refractivity contribution in [2.24, 2.45) is 11.8 Å². The van der Waals surface area contributed by atoms with Crippen LogP contribution in [-0.2, 0) is 20.1 Å². The molecule has 0 aliphatic rings. The number of hydrogen-bond donors (Lipinski definition) is 2. The van der Waals surface area contributed by atoms with Crippen molar-refractivity contribution >= 4 is 0 Å². The second-order valence-corrected chi connectivity index (χ2v) is 12.2. The second-order valence-electron chi connectivity index (χ2n) is 12.2. The first-order valence-corrected chi connectivity index (χ1v) is 14.7. The van der Waals surface area contributed by atoms with Gasteiger partial charge in [-0.2, -0.15) is 0 Å². The predicted octanol–water partition coefficient (Wildman–Crippen LogP) is 8.54. The molecule has 1 aromatic heterocycles. The maximum absolute atomic E-state index is 9.39. The van der Waals surface area contributed by atoms with Crippen LogP contribution < -0.4 is 0 Å². The number of nitrogens with zero attached hydrogens (tertiary/aromatic N) is 2. The molecule has 0 amide bonds. The molecule has 2 N–H and O–H groups in total. The Morgan fingerprint density at radius 1 is 0.714 bits per heavy atom. The van der Waals surface area contributed by atoms with Gasteiger partial charge in [-0.1, -0.05) is 89.1 Å². The van der Waals surface area contributed by atoms with E-state index in [9.17, 15) is 10.2 Å². The quantitative estimate of drug-likeness (QED) is 0.186. The van der Waals surface area contributed by atoms with Gasteiger partial charge < -0.3 is 15.2 Å². The monoisotopic (exact) mass is 744 g/mol. The molecule has 0 saturated carbocycles. The number of aryl methyl sites for hydroxylation is 6. The molecule has 4 aromatic rings. The van der Waals surface area contributed by atoms with E-state index in [1.165, 1.54) is 27.8 Å². The third-order valence-electron chi connectivity index (χ3n) is 7.43. The zero-order valence-electron chi connectivity index (χ0n) is 26.8. The van der Waals surface area contributed by atoms with Crippen molar-refractivity contribution < 1.29 is 30.3 Å². The van der Waals surface area contributed by atoms with E-state index in [4.69, 9.17) is 9.97 Å². The molecule has 0 aliphatic heterocycles. The molecule has 0 saturated heterocycles. The number of aromatic nitrogens is 2. The molecule has 4 rings (SSSR count). The normalized spacial score (nSPS) is 12.4. The molecule has 2 unspecified atom stereocenters. The fraction of sp³-hybridized carbons (Fsp3) is 0.405. The summed E-state index contributed by atoms with van der Waals surface area (Å²) in [7, 11) is 0. The molecule has 0 spiro atoms. The van der Waals surface area contributed by atoms with E-state index in [-0.39, 0.29) is 44.1 Å². The average Bonchev–Trinajstić information content (AvgIpc) is 2.87. The molecule has 4 nitrogen and oxygen atoms in total. The van der Waals surface area contributed by atoms with Gasteiger partial charge >= 0.3 is 0 Å². The molecule has 0 bridgehead atoms. The molecular weight excluding hydrogens is 697 g/mol. The van der Waals surface area contributed by atoms with Gasteiger partial charge in [0, 0.05) is 37.6 Å². The molecule has 42 heavy (non-hydrogen) atoms. The maximum Gasteiger partial charge on any atom is 0.0878 e. The smallest absolute Gasteiger partial charge is 0.0878 e. The van der Waals surface area contributed by atoms with Crippen LogP contribution in [0.25, 0.3) is 33.8 Å². The van der Waals surface area contributed by atoms with E-state index in [0.29, 0.717) is 6.42 Å². The maximum atomic E-state index is 9.39. The van der Waals surface area contributed by atoms with Crippen LogP contribution >= 0.6 is 0 Å². The zero-order valence-corrected chi connectivity index (χ0v) is 29.2. The Morgan fingerprint density at radius 2 is 1.24 bits per heavy atom. The molecule has 227 valence electrons. The van der Waals surface area contributed by atoms with Crippen LogP contribution in [0.3, 0.4) is 0 Å². The van der Waals surface area contributed by atoms with Crippen molar-refractivity contribution in [1.82, 2.24) is 9.97 Å². The third kappa shape index (κ3) is 9.41. The minimum atomic E-state index is -0.368. The van der Waals surface area contributed by atoms with Crippen LogP contribution in [0.2, 0.25) is 0 Å². The molecule has 3 aromatic carbocycles. The van der Waals surface area contributed by atoms with Crippen LogP contribution in [0.15, 0.2) is 54.7 Å². The summed E-state index contributed by atoms with van der Waals surface area (Å²) in [6.07, 6.45) is 1.66. The first-order valence-electron chi connectivity index (χ1n) is 14.7. The number of aliphatic hydroxyl groups excluding tert-OH is 2. The van der Waals surface area contributed by atoms with E-state index in [1.54, 1.807) is 0 Å². The summed E-state index contributed by atoms with van der Waals surface area (Å²) in [6, 6.07) is 20.7. The molecule has 1 radical (unpaired) electrons. The SMILES string of the molecule is CC(C)C(O)CC(O)C(C)C.Cc1[c-]c(-c2ncc(-c3c(C)cccc3C)nc2-c2cc(C)cc(C)c2)cc(C)c1.[Ir]. The topological polar surface area (TPSA) is 66.2 Å². The predicted molar refractivity (Wildman–Crippen MR) is 172 cm³/mol. The van der Waals surface area contributed by atoms with E-state index >= 15 is 0 Å². The zero-order chi connectivity index (χ0) is 30.4. The third-order valence-corrected chi connectivity index (χ3v) is 7.43. The van der Waals surface area contributed by atoms with E-state index < -0.39 is 0 Å². The summed E-state index contributed by atoms with van der Waals surface area (Å²) in [4.78, 5) is 10.1. The number of benzene rings is 3.